The maximum atomic E-state index is 13.0. The van der Waals surface area contributed by atoms with E-state index in [4.69, 9.17) is 4.74 Å². The van der Waals surface area contributed by atoms with Crippen molar-refractivity contribution in [3.63, 3.8) is 0 Å². The van der Waals surface area contributed by atoms with Gasteiger partial charge in [0.1, 0.15) is 11.9 Å². The summed E-state index contributed by atoms with van der Waals surface area (Å²) in [6, 6.07) is 2.80. The van der Waals surface area contributed by atoms with E-state index in [-0.39, 0.29) is 5.69 Å². The molecule has 0 unspecified atom stereocenters. The van der Waals surface area contributed by atoms with Crippen LogP contribution in [-0.2, 0) is 22.6 Å². The molecule has 33 heavy (non-hydrogen) atoms. The maximum absolute atomic E-state index is 13.0. The van der Waals surface area contributed by atoms with E-state index < -0.39 is 17.9 Å². The molecule has 1 atom stereocenters. The molecule has 11 nitrogen and oxygen atoms in total. The van der Waals surface area contributed by atoms with Crippen LogP contribution in [0.5, 0.6) is 0 Å². The fourth-order valence-corrected chi connectivity index (χ4v) is 3.43. The van der Waals surface area contributed by atoms with Crippen molar-refractivity contribution >= 4 is 23.4 Å². The van der Waals surface area contributed by atoms with Gasteiger partial charge in [-0.05, 0) is 38.5 Å². The third kappa shape index (κ3) is 5.68. The number of pyridine rings is 1. The van der Waals surface area contributed by atoms with Crippen molar-refractivity contribution in [3.8, 4) is 0 Å². The summed E-state index contributed by atoms with van der Waals surface area (Å²) in [6.45, 7) is 7.13. The molecule has 0 saturated heterocycles. The molecule has 0 radical (unpaired) electrons. The minimum atomic E-state index is -1.12. The van der Waals surface area contributed by atoms with Crippen molar-refractivity contribution < 1.29 is 19.4 Å². The predicted molar refractivity (Wildman–Crippen MR) is 123 cm³/mol. The number of aromatic nitrogens is 3. The third-order valence-electron chi connectivity index (χ3n) is 5.18. The van der Waals surface area contributed by atoms with Gasteiger partial charge in [-0.3, -0.25) is 14.3 Å². The molecular weight excluding hydrogens is 426 g/mol. The van der Waals surface area contributed by atoms with Crippen LogP contribution >= 0.6 is 0 Å². The first-order valence-electron chi connectivity index (χ1n) is 10.8. The second-order valence-electron chi connectivity index (χ2n) is 7.96. The van der Waals surface area contributed by atoms with Crippen LogP contribution in [0.2, 0.25) is 0 Å². The number of carboxylic acid groups (broad SMARTS) is 1. The molecule has 1 amide bonds. The Morgan fingerprint density at radius 3 is 2.76 bits per heavy atom. The third-order valence-corrected chi connectivity index (χ3v) is 5.18. The molecule has 3 heterocycles. The van der Waals surface area contributed by atoms with E-state index in [0.29, 0.717) is 37.7 Å². The topological polar surface area (TPSA) is 125 Å². The molecule has 0 bridgehead atoms. The number of nitrogens with zero attached hydrogens (tertiary/aromatic N) is 5. The van der Waals surface area contributed by atoms with E-state index >= 15 is 0 Å². The number of rotatable bonds is 10. The van der Waals surface area contributed by atoms with Gasteiger partial charge < -0.3 is 25.5 Å². The minimum absolute atomic E-state index is 0.186. The van der Waals surface area contributed by atoms with Gasteiger partial charge in [0.05, 0.1) is 31.1 Å². The Labute approximate surface area is 193 Å². The van der Waals surface area contributed by atoms with Gasteiger partial charge in [0, 0.05) is 38.7 Å². The van der Waals surface area contributed by atoms with Crippen LogP contribution in [0.1, 0.15) is 41.2 Å². The fourth-order valence-electron chi connectivity index (χ4n) is 3.43. The highest BCUT2D eigenvalue weighted by Crippen LogP contribution is 2.31. The number of aliphatic carboxylic acids is 1. The number of carbonyl (C=O) groups excluding carboxylic acids is 1. The summed E-state index contributed by atoms with van der Waals surface area (Å²) in [6.07, 6.45) is 3.66. The maximum Gasteiger partial charge on any atom is 0.325 e. The number of fused-ring (bicyclic) bond motifs is 1. The Morgan fingerprint density at radius 1 is 1.36 bits per heavy atom. The second kappa shape index (κ2) is 10.5. The van der Waals surface area contributed by atoms with Gasteiger partial charge >= 0.3 is 5.97 Å². The van der Waals surface area contributed by atoms with Crippen LogP contribution in [0.3, 0.4) is 0 Å². The number of amides is 1. The average Bonchev–Trinajstić information content (AvgIpc) is 3.13. The lowest BCUT2D eigenvalue weighted by Gasteiger charge is -2.32. The fraction of sp³-hybridized carbons (Fsp3) is 0.455. The number of carbonyl (C=O) groups is 2. The standard InChI is InChI=1S/C22H31N7O4/c1-6-33-10-9-29-20-16(19(26-29)21(30)24-15(3)22(31)32)12-28(27(4)5)13-17(20)25-18-11-14(2)7-8-23-18/h7-8,11,13,15H,6,9-10,12H2,1-5H3,(H,23,25)(H,24,30)(H,31,32)/t15-/m1/s1. The van der Waals surface area contributed by atoms with Crippen molar-refractivity contribution in [3.05, 3.63) is 47.0 Å². The molecule has 11 heteroatoms. The van der Waals surface area contributed by atoms with Crippen molar-refractivity contribution in [1.82, 2.24) is 30.1 Å². The average molecular weight is 458 g/mol. The smallest absolute Gasteiger partial charge is 0.325 e. The number of aryl methyl sites for hydroxylation is 1. The first-order chi connectivity index (χ1) is 15.7. The SMILES string of the molecule is CCOCCn1nc(C(=O)N[C@H](C)C(=O)O)c2c1C(Nc1cc(C)ccn1)=CN(N(C)C)C2. The number of hydrazine groups is 1. The summed E-state index contributed by atoms with van der Waals surface area (Å²) in [4.78, 5) is 28.7. The van der Waals surface area contributed by atoms with Gasteiger partial charge in [-0.2, -0.15) is 5.10 Å². The van der Waals surface area contributed by atoms with Gasteiger partial charge in [-0.15, -0.1) is 0 Å². The lowest BCUT2D eigenvalue weighted by molar-refractivity contribution is -0.138. The van der Waals surface area contributed by atoms with Crippen LogP contribution < -0.4 is 10.6 Å². The van der Waals surface area contributed by atoms with Crippen LogP contribution in [0.15, 0.2) is 24.5 Å². The summed E-state index contributed by atoms with van der Waals surface area (Å²) in [5.74, 6) is -0.989. The van der Waals surface area contributed by atoms with Crippen molar-refractivity contribution in [1.29, 1.82) is 0 Å². The highest BCUT2D eigenvalue weighted by molar-refractivity contribution is 5.97. The highest BCUT2D eigenvalue weighted by atomic mass is 16.5. The summed E-state index contributed by atoms with van der Waals surface area (Å²) < 4.78 is 7.24. The first kappa shape index (κ1) is 24.2. The number of anilines is 1. The summed E-state index contributed by atoms with van der Waals surface area (Å²) in [5.41, 5.74) is 3.39. The Balaban J connectivity index is 2.06. The second-order valence-corrected chi connectivity index (χ2v) is 7.96. The van der Waals surface area contributed by atoms with E-state index in [0.717, 1.165) is 17.0 Å². The summed E-state index contributed by atoms with van der Waals surface area (Å²) in [7, 11) is 3.80. The molecule has 0 aliphatic carbocycles. The minimum Gasteiger partial charge on any atom is -0.480 e. The molecule has 2 aromatic rings. The van der Waals surface area contributed by atoms with Crippen LogP contribution in [0, 0.1) is 6.92 Å². The Morgan fingerprint density at radius 2 is 2.12 bits per heavy atom. The Kier molecular flexibility index (Phi) is 7.67. The van der Waals surface area contributed by atoms with E-state index in [2.05, 4.69) is 20.7 Å². The molecular formula is C22H31N7O4. The molecule has 178 valence electrons. The molecule has 2 aromatic heterocycles. The first-order valence-corrected chi connectivity index (χ1v) is 10.8. The van der Waals surface area contributed by atoms with Gasteiger partial charge in [0.25, 0.3) is 5.91 Å². The number of hydrogen-bond donors (Lipinski definition) is 3. The molecule has 3 rings (SSSR count). The quantitative estimate of drug-likeness (QED) is 0.456. The summed E-state index contributed by atoms with van der Waals surface area (Å²) in [5, 5.41) is 23.5. The Bertz CT molecular complexity index is 1050. The van der Waals surface area contributed by atoms with Gasteiger partial charge in [-0.25, -0.2) is 9.99 Å². The van der Waals surface area contributed by atoms with E-state index in [1.54, 1.807) is 10.9 Å². The zero-order chi connectivity index (χ0) is 24.1. The predicted octanol–water partition coefficient (Wildman–Crippen LogP) is 1.53. The number of nitrogens with one attached hydrogen (secondary N) is 2. The lowest BCUT2D eigenvalue weighted by atomic mass is 10.1. The molecule has 0 fully saturated rings. The van der Waals surface area contributed by atoms with Gasteiger partial charge in [0.15, 0.2) is 5.69 Å². The van der Waals surface area contributed by atoms with Gasteiger partial charge in [-0.1, -0.05) is 0 Å². The largest absolute Gasteiger partial charge is 0.480 e. The number of hydrogen-bond acceptors (Lipinski definition) is 8. The zero-order valence-electron chi connectivity index (χ0n) is 19.6. The highest BCUT2D eigenvalue weighted by Gasteiger charge is 2.31. The molecule has 0 aromatic carbocycles. The van der Waals surface area contributed by atoms with Crippen molar-refractivity contribution in [2.24, 2.45) is 0 Å². The van der Waals surface area contributed by atoms with Crippen molar-refractivity contribution in [2.75, 3.05) is 32.6 Å². The Hall–Kier alpha value is -3.44. The molecule has 1 aliphatic heterocycles. The molecule has 0 spiro atoms. The molecule has 3 N–H and O–H groups in total. The van der Waals surface area contributed by atoms with Crippen molar-refractivity contribution in [2.45, 2.75) is 39.9 Å². The number of carboxylic acids is 1. The monoisotopic (exact) mass is 457 g/mol. The van der Waals surface area contributed by atoms with E-state index in [1.165, 1.54) is 6.92 Å². The van der Waals surface area contributed by atoms with E-state index in [1.807, 2.05) is 56.3 Å². The summed E-state index contributed by atoms with van der Waals surface area (Å²) >= 11 is 0. The zero-order valence-corrected chi connectivity index (χ0v) is 19.6. The van der Waals surface area contributed by atoms with E-state index in [9.17, 15) is 14.7 Å². The van der Waals surface area contributed by atoms with Crippen LogP contribution in [0.25, 0.3) is 5.70 Å². The van der Waals surface area contributed by atoms with Gasteiger partial charge in [0.2, 0.25) is 0 Å². The molecule has 0 saturated carbocycles. The number of ether oxygens (including phenoxy) is 1. The van der Waals surface area contributed by atoms with Crippen LogP contribution in [-0.4, -0.2) is 75.1 Å². The molecule has 1 aliphatic rings. The lowest BCUT2D eigenvalue weighted by Crippen LogP contribution is -2.40. The normalized spacial score (nSPS) is 14.0. The van der Waals surface area contributed by atoms with Crippen LogP contribution in [0.4, 0.5) is 5.82 Å².